The Hall–Kier alpha value is -2.00. The van der Waals surface area contributed by atoms with Crippen LogP contribution in [0.1, 0.15) is 0 Å². The Kier molecular flexibility index (Phi) is 3.91. The van der Waals surface area contributed by atoms with Gasteiger partial charge in [-0.2, -0.15) is 5.26 Å². The van der Waals surface area contributed by atoms with Gasteiger partial charge >= 0.3 is 0 Å². The van der Waals surface area contributed by atoms with Gasteiger partial charge in [0.2, 0.25) is 0 Å². The molecule has 0 saturated carbocycles. The molecule has 82 valence electrons. The summed E-state index contributed by atoms with van der Waals surface area (Å²) in [5.41, 5.74) is 10.9. The predicted molar refractivity (Wildman–Crippen MR) is 63.8 cm³/mol. The van der Waals surface area contributed by atoms with Gasteiger partial charge in [0.25, 0.3) is 5.91 Å². The van der Waals surface area contributed by atoms with Crippen molar-refractivity contribution in [3.8, 4) is 6.07 Å². The maximum atomic E-state index is 10.8. The fraction of sp³-hybridized carbons (Fsp3) is 0. The summed E-state index contributed by atoms with van der Waals surface area (Å²) in [5, 5.41) is 11.4. The number of hydrogen-bond donors (Lipinski definition) is 3. The summed E-state index contributed by atoms with van der Waals surface area (Å²) in [6.45, 7) is 0. The lowest BCUT2D eigenvalue weighted by Crippen LogP contribution is -2.21. The lowest BCUT2D eigenvalue weighted by Gasteiger charge is -2.07. The smallest absolute Gasteiger partial charge is 0.263 e. The molecular formula is C10H9BrN4O. The van der Waals surface area contributed by atoms with Crippen LogP contribution in [0.4, 0.5) is 5.69 Å². The van der Waals surface area contributed by atoms with Crippen molar-refractivity contribution in [3.05, 3.63) is 40.1 Å². The number of carbonyl (C=O) groups is 1. The highest BCUT2D eigenvalue weighted by Gasteiger charge is 2.09. The first-order valence-electron chi connectivity index (χ1n) is 4.27. The van der Waals surface area contributed by atoms with Crippen LogP contribution in [0.25, 0.3) is 0 Å². The van der Waals surface area contributed by atoms with Crippen molar-refractivity contribution in [1.82, 2.24) is 0 Å². The van der Waals surface area contributed by atoms with Crippen LogP contribution in [0.15, 0.2) is 40.1 Å². The van der Waals surface area contributed by atoms with E-state index in [4.69, 9.17) is 16.7 Å². The van der Waals surface area contributed by atoms with E-state index in [1.54, 1.807) is 30.3 Å². The molecule has 0 aliphatic rings. The van der Waals surface area contributed by atoms with E-state index in [-0.39, 0.29) is 11.4 Å². The minimum atomic E-state index is -0.857. The molecular weight excluding hydrogens is 272 g/mol. The van der Waals surface area contributed by atoms with Crippen molar-refractivity contribution in [3.63, 3.8) is 0 Å². The zero-order valence-corrected chi connectivity index (χ0v) is 9.78. The quantitative estimate of drug-likeness (QED) is 0.568. The van der Waals surface area contributed by atoms with Crippen LogP contribution in [-0.4, -0.2) is 5.91 Å². The molecule has 0 spiro atoms. The van der Waals surface area contributed by atoms with Crippen LogP contribution in [0.3, 0.4) is 0 Å². The highest BCUT2D eigenvalue weighted by Crippen LogP contribution is 2.15. The second-order valence-corrected chi connectivity index (χ2v) is 3.81. The average Bonchev–Trinajstić information content (AvgIpc) is 2.22. The number of amides is 1. The maximum Gasteiger partial charge on any atom is 0.263 e. The monoisotopic (exact) mass is 280 g/mol. The van der Waals surface area contributed by atoms with Gasteiger partial charge in [0.15, 0.2) is 5.57 Å². The van der Waals surface area contributed by atoms with Gasteiger partial charge < -0.3 is 16.8 Å². The topological polar surface area (TPSA) is 105 Å². The Morgan fingerprint density at radius 1 is 1.31 bits per heavy atom. The van der Waals surface area contributed by atoms with Crippen LogP contribution < -0.4 is 16.8 Å². The molecule has 5 N–H and O–H groups in total. The first-order valence-corrected chi connectivity index (χ1v) is 5.06. The molecule has 0 saturated heterocycles. The number of benzene rings is 1. The van der Waals surface area contributed by atoms with Crippen molar-refractivity contribution in [2.45, 2.75) is 0 Å². The van der Waals surface area contributed by atoms with Crippen molar-refractivity contribution < 1.29 is 4.79 Å². The molecule has 0 heterocycles. The van der Waals surface area contributed by atoms with Crippen LogP contribution in [0.2, 0.25) is 0 Å². The second kappa shape index (κ2) is 5.19. The van der Waals surface area contributed by atoms with E-state index in [1.807, 2.05) is 0 Å². The van der Waals surface area contributed by atoms with Gasteiger partial charge in [-0.3, -0.25) is 4.79 Å². The summed E-state index contributed by atoms with van der Waals surface area (Å²) in [6, 6.07) is 8.72. The Morgan fingerprint density at radius 2 is 1.88 bits per heavy atom. The van der Waals surface area contributed by atoms with Gasteiger partial charge in [-0.1, -0.05) is 15.9 Å². The highest BCUT2D eigenvalue weighted by molar-refractivity contribution is 9.10. The third-order valence-electron chi connectivity index (χ3n) is 1.75. The molecule has 16 heavy (non-hydrogen) atoms. The zero-order chi connectivity index (χ0) is 12.1. The number of nitrogens with zero attached hydrogens (tertiary/aromatic N) is 1. The Morgan fingerprint density at radius 3 is 2.31 bits per heavy atom. The summed E-state index contributed by atoms with van der Waals surface area (Å²) < 4.78 is 0.913. The summed E-state index contributed by atoms with van der Waals surface area (Å²) in [5.74, 6) is -0.915. The van der Waals surface area contributed by atoms with E-state index in [0.717, 1.165) is 4.47 Å². The summed E-state index contributed by atoms with van der Waals surface area (Å²) in [6.07, 6.45) is 0. The standard InChI is InChI=1S/C10H9BrN4O/c11-6-1-3-7(4-2-6)15-9(13)8(5-12)10(14)16/h1-4,15H,13H2,(H2,14,16)/b9-8-. The molecule has 1 aromatic carbocycles. The van der Waals surface area contributed by atoms with Gasteiger partial charge in [0, 0.05) is 10.2 Å². The third kappa shape index (κ3) is 3.00. The summed E-state index contributed by atoms with van der Waals surface area (Å²) in [7, 11) is 0. The average molecular weight is 281 g/mol. The second-order valence-electron chi connectivity index (χ2n) is 2.90. The highest BCUT2D eigenvalue weighted by atomic mass is 79.9. The molecule has 0 fully saturated rings. The molecule has 1 rings (SSSR count). The van der Waals surface area contributed by atoms with Gasteiger partial charge in [0.05, 0.1) is 0 Å². The van der Waals surface area contributed by atoms with E-state index in [2.05, 4.69) is 21.2 Å². The number of nitrogens with two attached hydrogens (primary N) is 2. The lowest BCUT2D eigenvalue weighted by molar-refractivity contribution is -0.114. The molecule has 6 heteroatoms. The van der Waals surface area contributed by atoms with Crippen molar-refractivity contribution >= 4 is 27.5 Å². The molecule has 1 amide bonds. The first-order chi connectivity index (χ1) is 7.54. The largest absolute Gasteiger partial charge is 0.384 e. The number of rotatable bonds is 3. The fourth-order valence-corrected chi connectivity index (χ4v) is 1.26. The summed E-state index contributed by atoms with van der Waals surface area (Å²) in [4.78, 5) is 10.8. The zero-order valence-electron chi connectivity index (χ0n) is 8.20. The molecule has 0 atom stereocenters. The Balaban J connectivity index is 2.93. The number of halogens is 1. The van der Waals surface area contributed by atoms with E-state index < -0.39 is 5.91 Å². The van der Waals surface area contributed by atoms with Crippen molar-refractivity contribution in [2.75, 3.05) is 5.32 Å². The normalized spacial score (nSPS) is 11.2. The SMILES string of the molecule is N#C/C(C(N)=O)=C(\N)Nc1ccc(Br)cc1. The van der Waals surface area contributed by atoms with Crippen LogP contribution >= 0.6 is 15.9 Å². The van der Waals surface area contributed by atoms with Gasteiger partial charge in [-0.05, 0) is 24.3 Å². The molecule has 0 unspecified atom stereocenters. The van der Waals surface area contributed by atoms with E-state index in [9.17, 15) is 4.79 Å². The van der Waals surface area contributed by atoms with Gasteiger partial charge in [-0.15, -0.1) is 0 Å². The number of anilines is 1. The first kappa shape index (κ1) is 12.1. The van der Waals surface area contributed by atoms with Gasteiger partial charge in [0.1, 0.15) is 11.9 Å². The number of nitriles is 1. The Bertz CT molecular complexity index is 473. The molecule has 5 nitrogen and oxygen atoms in total. The van der Waals surface area contributed by atoms with Crippen molar-refractivity contribution in [1.29, 1.82) is 5.26 Å². The molecule has 0 aliphatic carbocycles. The minimum Gasteiger partial charge on any atom is -0.384 e. The molecule has 0 aliphatic heterocycles. The number of nitrogens with one attached hydrogen (secondary N) is 1. The van der Waals surface area contributed by atoms with Crippen LogP contribution in [0, 0.1) is 11.3 Å². The number of hydrogen-bond acceptors (Lipinski definition) is 4. The van der Waals surface area contributed by atoms with E-state index >= 15 is 0 Å². The maximum absolute atomic E-state index is 10.8. The van der Waals surface area contributed by atoms with Gasteiger partial charge in [-0.25, -0.2) is 0 Å². The number of carbonyl (C=O) groups excluding carboxylic acids is 1. The van der Waals surface area contributed by atoms with Crippen molar-refractivity contribution in [2.24, 2.45) is 11.5 Å². The molecule has 1 aromatic rings. The van der Waals surface area contributed by atoms with Crippen LogP contribution in [-0.2, 0) is 4.79 Å². The fourth-order valence-electron chi connectivity index (χ4n) is 0.999. The summed E-state index contributed by atoms with van der Waals surface area (Å²) >= 11 is 3.28. The van der Waals surface area contributed by atoms with E-state index in [0.29, 0.717) is 5.69 Å². The molecule has 0 radical (unpaired) electrons. The number of primary amides is 1. The Labute approximate surface area is 101 Å². The van der Waals surface area contributed by atoms with E-state index in [1.165, 1.54) is 0 Å². The predicted octanol–water partition coefficient (Wildman–Crippen LogP) is 1.04. The lowest BCUT2D eigenvalue weighted by atomic mass is 10.2. The molecule has 0 aromatic heterocycles. The van der Waals surface area contributed by atoms with Crippen LogP contribution in [0.5, 0.6) is 0 Å². The third-order valence-corrected chi connectivity index (χ3v) is 2.28. The minimum absolute atomic E-state index is 0.0580. The molecule has 0 bridgehead atoms.